The van der Waals surface area contributed by atoms with Crippen LogP contribution in [0.1, 0.15) is 30.9 Å². The first kappa shape index (κ1) is 13.7. The van der Waals surface area contributed by atoms with Gasteiger partial charge in [0.25, 0.3) is 0 Å². The van der Waals surface area contributed by atoms with Crippen molar-refractivity contribution in [3.63, 3.8) is 0 Å². The molecule has 2 N–H and O–H groups in total. The molecule has 1 aliphatic carbocycles. The first-order valence-corrected chi connectivity index (χ1v) is 8.20. The van der Waals surface area contributed by atoms with Crippen molar-refractivity contribution in [2.75, 3.05) is 26.3 Å². The standard InChI is InChI=1S/C16H21ClN2O2/c17-13-7-11(8-14-16(13)21-6-5-20-14)15-10(9-18)3-4-19(15)12-1-2-12/h7-8,10,12,15H,1-6,9,18H2. The van der Waals surface area contributed by atoms with Gasteiger partial charge in [-0.3, -0.25) is 4.90 Å². The molecule has 4 nitrogen and oxygen atoms in total. The highest BCUT2D eigenvalue weighted by Crippen LogP contribution is 2.47. The number of nitrogens with two attached hydrogens (primary N) is 1. The zero-order valence-electron chi connectivity index (χ0n) is 12.1. The molecule has 1 saturated heterocycles. The monoisotopic (exact) mass is 308 g/mol. The Morgan fingerprint density at radius 3 is 2.76 bits per heavy atom. The summed E-state index contributed by atoms with van der Waals surface area (Å²) in [7, 11) is 0. The van der Waals surface area contributed by atoms with Gasteiger partial charge >= 0.3 is 0 Å². The summed E-state index contributed by atoms with van der Waals surface area (Å²) >= 11 is 6.40. The van der Waals surface area contributed by atoms with Crippen molar-refractivity contribution < 1.29 is 9.47 Å². The molecule has 5 heteroatoms. The van der Waals surface area contributed by atoms with Crippen LogP contribution in [0.25, 0.3) is 0 Å². The average Bonchev–Trinajstić information content (AvgIpc) is 3.26. The molecule has 2 aliphatic heterocycles. The van der Waals surface area contributed by atoms with E-state index in [0.717, 1.165) is 24.9 Å². The third-order valence-electron chi connectivity index (χ3n) is 4.84. The summed E-state index contributed by atoms with van der Waals surface area (Å²) in [5.41, 5.74) is 7.23. The van der Waals surface area contributed by atoms with E-state index in [1.807, 2.05) is 6.07 Å². The molecule has 2 unspecified atom stereocenters. The Morgan fingerprint density at radius 1 is 1.19 bits per heavy atom. The molecule has 0 radical (unpaired) electrons. The van der Waals surface area contributed by atoms with Crippen molar-refractivity contribution >= 4 is 11.6 Å². The largest absolute Gasteiger partial charge is 0.486 e. The second kappa shape index (κ2) is 5.34. The summed E-state index contributed by atoms with van der Waals surface area (Å²) in [6, 6.07) is 5.26. The van der Waals surface area contributed by atoms with Crippen LogP contribution in [0.5, 0.6) is 11.5 Å². The van der Waals surface area contributed by atoms with Crippen molar-refractivity contribution in [2.45, 2.75) is 31.3 Å². The summed E-state index contributed by atoms with van der Waals surface area (Å²) < 4.78 is 11.3. The molecule has 1 aromatic carbocycles. The lowest BCUT2D eigenvalue weighted by atomic mass is 9.93. The van der Waals surface area contributed by atoms with Crippen LogP contribution in [-0.4, -0.2) is 37.2 Å². The summed E-state index contributed by atoms with van der Waals surface area (Å²) in [5, 5.41) is 0.653. The lowest BCUT2D eigenvalue weighted by molar-refractivity contribution is 0.170. The predicted molar refractivity (Wildman–Crippen MR) is 82.1 cm³/mol. The SMILES string of the molecule is NCC1CCN(C2CC2)C1c1cc(Cl)c2c(c1)OCCO2. The fraction of sp³-hybridized carbons (Fsp3) is 0.625. The molecule has 2 fully saturated rings. The second-order valence-electron chi connectivity index (χ2n) is 6.23. The Balaban J connectivity index is 1.71. The Labute approximate surface area is 130 Å². The van der Waals surface area contributed by atoms with Crippen LogP contribution in [0, 0.1) is 5.92 Å². The molecule has 2 atom stereocenters. The Kier molecular flexibility index (Phi) is 3.48. The minimum absolute atomic E-state index is 0.371. The van der Waals surface area contributed by atoms with E-state index in [9.17, 15) is 0 Å². The number of likely N-dealkylation sites (tertiary alicyclic amines) is 1. The van der Waals surface area contributed by atoms with Gasteiger partial charge in [-0.05, 0) is 56.0 Å². The highest BCUT2D eigenvalue weighted by Gasteiger charge is 2.42. The fourth-order valence-corrected chi connectivity index (χ4v) is 3.98. The smallest absolute Gasteiger partial charge is 0.179 e. The molecule has 114 valence electrons. The molecule has 0 bridgehead atoms. The lowest BCUT2D eigenvalue weighted by Gasteiger charge is -2.30. The second-order valence-corrected chi connectivity index (χ2v) is 6.63. The van der Waals surface area contributed by atoms with E-state index in [2.05, 4.69) is 11.0 Å². The van der Waals surface area contributed by atoms with E-state index in [-0.39, 0.29) is 0 Å². The van der Waals surface area contributed by atoms with Gasteiger partial charge in [-0.15, -0.1) is 0 Å². The third-order valence-corrected chi connectivity index (χ3v) is 5.12. The highest BCUT2D eigenvalue weighted by atomic mass is 35.5. The minimum Gasteiger partial charge on any atom is -0.486 e. The van der Waals surface area contributed by atoms with E-state index >= 15 is 0 Å². The zero-order chi connectivity index (χ0) is 14.4. The molecule has 0 spiro atoms. The van der Waals surface area contributed by atoms with E-state index in [0.29, 0.717) is 35.9 Å². The number of hydrogen-bond donors (Lipinski definition) is 1. The predicted octanol–water partition coefficient (Wildman–Crippen LogP) is 2.60. The number of nitrogens with zero attached hydrogens (tertiary/aromatic N) is 1. The maximum Gasteiger partial charge on any atom is 0.179 e. The summed E-state index contributed by atoms with van der Waals surface area (Å²) in [6.07, 6.45) is 3.79. The lowest BCUT2D eigenvalue weighted by Crippen LogP contribution is -2.30. The van der Waals surface area contributed by atoms with Gasteiger partial charge in [-0.25, -0.2) is 0 Å². The Hall–Kier alpha value is -0.970. The van der Waals surface area contributed by atoms with Gasteiger partial charge in [0.2, 0.25) is 0 Å². The molecular weight excluding hydrogens is 288 g/mol. The fourth-order valence-electron chi connectivity index (χ4n) is 3.71. The normalized spacial score (nSPS) is 28.9. The van der Waals surface area contributed by atoms with Crippen LogP contribution >= 0.6 is 11.6 Å². The van der Waals surface area contributed by atoms with Crippen molar-refractivity contribution in [3.8, 4) is 11.5 Å². The van der Waals surface area contributed by atoms with Gasteiger partial charge in [-0.2, -0.15) is 0 Å². The molecule has 3 aliphatic rings. The maximum absolute atomic E-state index is 6.40. The van der Waals surface area contributed by atoms with Crippen LogP contribution in [0.3, 0.4) is 0 Å². The van der Waals surface area contributed by atoms with Crippen LogP contribution in [0.2, 0.25) is 5.02 Å². The Morgan fingerprint density at radius 2 is 2.00 bits per heavy atom. The van der Waals surface area contributed by atoms with Gasteiger partial charge in [-0.1, -0.05) is 11.6 Å². The number of ether oxygens (including phenoxy) is 2. The quantitative estimate of drug-likeness (QED) is 0.932. The van der Waals surface area contributed by atoms with E-state index in [1.54, 1.807) is 0 Å². The average molecular weight is 309 g/mol. The number of fused-ring (bicyclic) bond motifs is 1. The molecule has 21 heavy (non-hydrogen) atoms. The topological polar surface area (TPSA) is 47.7 Å². The van der Waals surface area contributed by atoms with Gasteiger partial charge in [0.05, 0.1) is 5.02 Å². The molecule has 2 heterocycles. The molecule has 1 aromatic rings. The first-order chi connectivity index (χ1) is 10.3. The molecule has 1 saturated carbocycles. The maximum atomic E-state index is 6.40. The van der Waals surface area contributed by atoms with E-state index in [4.69, 9.17) is 26.8 Å². The highest BCUT2D eigenvalue weighted by molar-refractivity contribution is 6.32. The van der Waals surface area contributed by atoms with Crippen molar-refractivity contribution in [1.29, 1.82) is 0 Å². The van der Waals surface area contributed by atoms with Crippen molar-refractivity contribution in [2.24, 2.45) is 11.7 Å². The molecule has 0 amide bonds. The number of benzene rings is 1. The molecule has 4 rings (SSSR count). The minimum atomic E-state index is 0.371. The third kappa shape index (κ3) is 2.39. The first-order valence-electron chi connectivity index (χ1n) is 7.83. The van der Waals surface area contributed by atoms with Crippen molar-refractivity contribution in [1.82, 2.24) is 4.90 Å². The van der Waals surface area contributed by atoms with Crippen molar-refractivity contribution in [3.05, 3.63) is 22.7 Å². The zero-order valence-corrected chi connectivity index (χ0v) is 12.8. The van der Waals surface area contributed by atoms with Crippen LogP contribution in [0.15, 0.2) is 12.1 Å². The summed E-state index contributed by atoms with van der Waals surface area (Å²) in [4.78, 5) is 2.61. The van der Waals surface area contributed by atoms with Gasteiger partial charge in [0.1, 0.15) is 13.2 Å². The van der Waals surface area contributed by atoms with E-state index < -0.39 is 0 Å². The van der Waals surface area contributed by atoms with E-state index in [1.165, 1.54) is 24.8 Å². The van der Waals surface area contributed by atoms with Crippen LogP contribution in [0.4, 0.5) is 0 Å². The Bertz CT molecular complexity index is 547. The van der Waals surface area contributed by atoms with Crippen LogP contribution < -0.4 is 15.2 Å². The van der Waals surface area contributed by atoms with Crippen LogP contribution in [-0.2, 0) is 0 Å². The van der Waals surface area contributed by atoms with Gasteiger partial charge in [0, 0.05) is 12.1 Å². The van der Waals surface area contributed by atoms with Gasteiger partial charge in [0.15, 0.2) is 11.5 Å². The molecular formula is C16H21ClN2O2. The van der Waals surface area contributed by atoms with Gasteiger partial charge < -0.3 is 15.2 Å². The molecule has 0 aromatic heterocycles. The summed E-state index contributed by atoms with van der Waals surface area (Å²) in [6.45, 7) is 3.02. The number of hydrogen-bond acceptors (Lipinski definition) is 4. The number of rotatable bonds is 3. The summed E-state index contributed by atoms with van der Waals surface area (Å²) in [5.74, 6) is 1.97. The number of halogens is 1.